The molecule has 2 aromatic heterocycles. The van der Waals surface area contributed by atoms with Gasteiger partial charge in [0, 0.05) is 10.8 Å². The van der Waals surface area contributed by atoms with Crippen molar-refractivity contribution in [1.82, 2.24) is 14.8 Å². The SMILES string of the molecule is C[C@@H]1CC[C@](OC2OC2C2CC2)(C(=O)O)[C@@]1(C)C[C@H](O)[C@@]1(F)CCCC2=Cc3c(cnn3-c3ccc(F)nc3)C[C@@]21C. The Kier molecular flexibility index (Phi) is 6.29. The van der Waals surface area contributed by atoms with Gasteiger partial charge < -0.3 is 19.7 Å². The highest BCUT2D eigenvalue weighted by molar-refractivity contribution is 5.79. The Labute approximate surface area is 244 Å². The number of carboxylic acid groups (broad SMARTS) is 1. The zero-order valence-corrected chi connectivity index (χ0v) is 24.4. The van der Waals surface area contributed by atoms with E-state index in [2.05, 4.69) is 10.1 Å². The molecule has 2 N–H and O–H groups in total. The van der Waals surface area contributed by atoms with Crippen molar-refractivity contribution in [2.75, 3.05) is 0 Å². The molecule has 0 aromatic carbocycles. The van der Waals surface area contributed by atoms with E-state index in [0.717, 1.165) is 29.7 Å². The molecule has 7 rings (SSSR count). The van der Waals surface area contributed by atoms with Gasteiger partial charge in [-0.05, 0) is 93.4 Å². The fourth-order valence-corrected chi connectivity index (χ4v) is 8.42. The standard InChI is InChI=1S/C32H39F2N3O5/c1-18-10-12-32(28(39)40,42-27-26(41-27)19-6-7-19)29(18,2)15-24(38)31(34)11-4-5-21-13-23-20(14-30(21,31)3)16-36-37(23)22-8-9-25(33)35-17-22/h8-9,13,16-19,24,26-27,38H,4-7,10-12,14-15H2,1-3H3,(H,39,40)/t18-,24+,26?,27?,29+,30+,31+,32+/m1/s1. The second kappa shape index (κ2) is 9.40. The normalized spacial score (nSPS) is 39.8. The van der Waals surface area contributed by atoms with Crippen LogP contribution in [0.4, 0.5) is 8.78 Å². The summed E-state index contributed by atoms with van der Waals surface area (Å²) in [5, 5.41) is 27.0. The number of hydrogen-bond donors (Lipinski definition) is 2. The number of nitrogens with zero attached hydrogens (tertiary/aromatic N) is 3. The predicted octanol–water partition coefficient (Wildman–Crippen LogP) is 5.41. The van der Waals surface area contributed by atoms with Crippen LogP contribution in [0.5, 0.6) is 0 Å². The third kappa shape index (κ3) is 3.97. The van der Waals surface area contributed by atoms with Crippen LogP contribution in [0.3, 0.4) is 0 Å². The Morgan fingerprint density at radius 2 is 2.02 bits per heavy atom. The number of carbonyl (C=O) groups is 1. The summed E-state index contributed by atoms with van der Waals surface area (Å²) in [6.07, 6.45) is 7.81. The molecule has 226 valence electrons. The summed E-state index contributed by atoms with van der Waals surface area (Å²) in [5.41, 5.74) is -2.42. The minimum Gasteiger partial charge on any atom is -0.479 e. The van der Waals surface area contributed by atoms with Crippen molar-refractivity contribution in [3.63, 3.8) is 0 Å². The molecular weight excluding hydrogens is 544 g/mol. The second-order valence-electron chi connectivity index (χ2n) is 13.8. The first-order valence-electron chi connectivity index (χ1n) is 15.3. The quantitative estimate of drug-likeness (QED) is 0.316. The number of aliphatic hydroxyl groups is 1. The summed E-state index contributed by atoms with van der Waals surface area (Å²) in [7, 11) is 0. The number of fused-ring (bicyclic) bond motifs is 2. The van der Waals surface area contributed by atoms with Crippen LogP contribution in [0.25, 0.3) is 11.8 Å². The Morgan fingerprint density at radius 3 is 2.71 bits per heavy atom. The number of carboxylic acids is 1. The Bertz CT molecular complexity index is 1440. The fraction of sp³-hybridized carbons (Fsp3) is 0.656. The minimum atomic E-state index is -1.99. The lowest BCUT2D eigenvalue weighted by atomic mass is 9.54. The smallest absolute Gasteiger partial charge is 0.336 e. The number of aliphatic hydroxyl groups excluding tert-OH is 1. The molecular formula is C32H39F2N3O5. The molecule has 3 heterocycles. The molecule has 1 saturated heterocycles. The average molecular weight is 584 g/mol. The number of hydrogen-bond acceptors (Lipinski definition) is 6. The van der Waals surface area contributed by atoms with E-state index in [1.54, 1.807) is 16.9 Å². The molecule has 1 aliphatic heterocycles. The molecule has 0 bridgehead atoms. The van der Waals surface area contributed by atoms with E-state index < -0.39 is 46.4 Å². The van der Waals surface area contributed by atoms with Gasteiger partial charge in [-0.3, -0.25) is 0 Å². The highest BCUT2D eigenvalue weighted by Crippen LogP contribution is 2.62. The molecule has 2 unspecified atom stereocenters. The van der Waals surface area contributed by atoms with E-state index in [-0.39, 0.29) is 24.9 Å². The third-order valence-electron chi connectivity index (χ3n) is 11.6. The van der Waals surface area contributed by atoms with Gasteiger partial charge in [-0.1, -0.05) is 26.3 Å². The van der Waals surface area contributed by atoms with Crippen molar-refractivity contribution < 1.29 is 33.3 Å². The summed E-state index contributed by atoms with van der Waals surface area (Å²) in [6, 6.07) is 2.88. The van der Waals surface area contributed by atoms with Crippen molar-refractivity contribution in [1.29, 1.82) is 0 Å². The highest BCUT2D eigenvalue weighted by atomic mass is 19.1. The maximum Gasteiger partial charge on any atom is 0.336 e. The maximum absolute atomic E-state index is 17.6. The number of epoxide rings is 1. The summed E-state index contributed by atoms with van der Waals surface area (Å²) >= 11 is 0. The van der Waals surface area contributed by atoms with Crippen LogP contribution in [0.1, 0.15) is 83.4 Å². The molecule has 4 fully saturated rings. The number of aromatic nitrogens is 3. The number of alkyl halides is 1. The highest BCUT2D eigenvalue weighted by Gasteiger charge is 2.68. The van der Waals surface area contributed by atoms with Crippen molar-refractivity contribution in [2.45, 2.75) is 108 Å². The fourth-order valence-electron chi connectivity index (χ4n) is 8.42. The van der Waals surface area contributed by atoms with Crippen LogP contribution in [0, 0.1) is 28.6 Å². The molecule has 2 aromatic rings. The summed E-state index contributed by atoms with van der Waals surface area (Å²) < 4.78 is 44.8. The van der Waals surface area contributed by atoms with Gasteiger partial charge >= 0.3 is 5.97 Å². The lowest BCUT2D eigenvalue weighted by Gasteiger charge is -2.54. The number of pyridine rings is 1. The van der Waals surface area contributed by atoms with Crippen molar-refractivity contribution in [3.05, 3.63) is 47.3 Å². The Balaban J connectivity index is 1.19. The number of allylic oxidation sites excluding steroid dienone is 1. The van der Waals surface area contributed by atoms with E-state index in [1.165, 1.54) is 12.3 Å². The largest absolute Gasteiger partial charge is 0.479 e. The lowest BCUT2D eigenvalue weighted by molar-refractivity contribution is -0.205. The molecule has 5 aliphatic rings. The monoisotopic (exact) mass is 583 g/mol. The molecule has 0 amide bonds. The van der Waals surface area contributed by atoms with Gasteiger partial charge in [-0.25, -0.2) is 18.9 Å². The summed E-state index contributed by atoms with van der Waals surface area (Å²) in [4.78, 5) is 16.7. The first kappa shape index (κ1) is 28.1. The minimum absolute atomic E-state index is 0.0337. The molecule has 42 heavy (non-hydrogen) atoms. The van der Waals surface area contributed by atoms with E-state index in [0.29, 0.717) is 43.7 Å². The van der Waals surface area contributed by atoms with Crippen LogP contribution >= 0.6 is 0 Å². The first-order valence-corrected chi connectivity index (χ1v) is 15.3. The van der Waals surface area contributed by atoms with Crippen molar-refractivity contribution in [3.8, 4) is 5.69 Å². The summed E-state index contributed by atoms with van der Waals surface area (Å²) in [6.45, 7) is 5.71. The number of rotatable bonds is 8. The van der Waals surface area contributed by atoms with Crippen LogP contribution in [-0.2, 0) is 20.7 Å². The van der Waals surface area contributed by atoms with Gasteiger partial charge in [-0.2, -0.15) is 9.49 Å². The molecule has 8 atom stereocenters. The molecule has 4 aliphatic carbocycles. The van der Waals surface area contributed by atoms with E-state index >= 15 is 4.39 Å². The first-order chi connectivity index (χ1) is 19.9. The average Bonchev–Trinajstić information content (AvgIpc) is 3.86. The second-order valence-corrected chi connectivity index (χ2v) is 13.8. The number of ether oxygens (including phenoxy) is 2. The summed E-state index contributed by atoms with van der Waals surface area (Å²) in [5.74, 6) is -1.32. The van der Waals surface area contributed by atoms with Gasteiger partial charge in [0.1, 0.15) is 11.8 Å². The number of halogens is 2. The van der Waals surface area contributed by atoms with Crippen LogP contribution in [0.2, 0.25) is 0 Å². The zero-order valence-electron chi connectivity index (χ0n) is 24.4. The lowest BCUT2D eigenvalue weighted by Crippen LogP contribution is -2.60. The number of aliphatic carboxylic acids is 1. The molecule has 0 radical (unpaired) electrons. The molecule has 0 spiro atoms. The van der Waals surface area contributed by atoms with Gasteiger partial charge in [-0.15, -0.1) is 0 Å². The molecule has 8 nitrogen and oxygen atoms in total. The van der Waals surface area contributed by atoms with Crippen molar-refractivity contribution >= 4 is 12.0 Å². The van der Waals surface area contributed by atoms with E-state index in [9.17, 15) is 19.4 Å². The molecule has 3 saturated carbocycles. The van der Waals surface area contributed by atoms with Crippen LogP contribution in [-0.4, -0.2) is 60.7 Å². The maximum atomic E-state index is 17.6. The van der Waals surface area contributed by atoms with E-state index in [4.69, 9.17) is 9.47 Å². The van der Waals surface area contributed by atoms with Gasteiger partial charge in [0.2, 0.25) is 5.95 Å². The van der Waals surface area contributed by atoms with Crippen LogP contribution < -0.4 is 0 Å². The van der Waals surface area contributed by atoms with Gasteiger partial charge in [0.25, 0.3) is 0 Å². The zero-order chi connectivity index (χ0) is 29.7. The van der Waals surface area contributed by atoms with E-state index in [1.807, 2.05) is 26.8 Å². The Hall–Kier alpha value is -2.69. The third-order valence-corrected chi connectivity index (χ3v) is 11.6. The van der Waals surface area contributed by atoms with Crippen LogP contribution in [0.15, 0.2) is 30.1 Å². The topological polar surface area (TPSA) is 110 Å². The Morgan fingerprint density at radius 1 is 1.24 bits per heavy atom. The predicted molar refractivity (Wildman–Crippen MR) is 149 cm³/mol. The van der Waals surface area contributed by atoms with Crippen molar-refractivity contribution in [2.24, 2.45) is 22.7 Å². The van der Waals surface area contributed by atoms with Gasteiger partial charge in [0.05, 0.1) is 29.9 Å². The van der Waals surface area contributed by atoms with Gasteiger partial charge in [0.15, 0.2) is 11.9 Å². The molecule has 10 heteroatoms.